The highest BCUT2D eigenvalue weighted by Gasteiger charge is 2.14. The summed E-state index contributed by atoms with van der Waals surface area (Å²) in [6, 6.07) is 10.6. The molecule has 0 aliphatic heterocycles. The van der Waals surface area contributed by atoms with Crippen molar-refractivity contribution in [1.82, 2.24) is 0 Å². The van der Waals surface area contributed by atoms with E-state index in [1.165, 1.54) is 6.07 Å². The zero-order chi connectivity index (χ0) is 11.8. The van der Waals surface area contributed by atoms with Gasteiger partial charge in [0.05, 0.1) is 0 Å². The lowest BCUT2D eigenvalue weighted by Crippen LogP contribution is -2.00. The van der Waals surface area contributed by atoms with Crippen LogP contribution in [0.15, 0.2) is 41.3 Å². The van der Waals surface area contributed by atoms with Crippen molar-refractivity contribution in [3.63, 3.8) is 0 Å². The summed E-state index contributed by atoms with van der Waals surface area (Å²) < 4.78 is 31.7. The summed E-state index contributed by atoms with van der Waals surface area (Å²) in [7, 11) is -4.16. The maximum atomic E-state index is 11.3. The van der Waals surface area contributed by atoms with Crippen LogP contribution in [0.25, 0.3) is 10.8 Å². The quantitative estimate of drug-likeness (QED) is 0.815. The molecule has 16 heavy (non-hydrogen) atoms. The Labute approximate surface area is 94.5 Å². The zero-order valence-corrected chi connectivity index (χ0v) is 9.66. The Morgan fingerprint density at radius 2 is 1.88 bits per heavy atom. The Hall–Kier alpha value is -1.39. The molecule has 3 nitrogen and oxygen atoms in total. The van der Waals surface area contributed by atoms with Crippen LogP contribution in [0, 0.1) is 0 Å². The molecule has 1 N–H and O–H groups in total. The fourth-order valence-electron chi connectivity index (χ4n) is 1.75. The first-order chi connectivity index (χ1) is 7.52. The lowest BCUT2D eigenvalue weighted by Gasteiger charge is -2.06. The Morgan fingerprint density at radius 3 is 2.50 bits per heavy atom. The molecule has 0 spiro atoms. The summed E-state index contributed by atoms with van der Waals surface area (Å²) in [4.78, 5) is -0.0116. The molecule has 0 radical (unpaired) electrons. The maximum absolute atomic E-state index is 11.3. The van der Waals surface area contributed by atoms with Gasteiger partial charge < -0.3 is 0 Å². The Balaban J connectivity index is 2.90. The summed E-state index contributed by atoms with van der Waals surface area (Å²) in [6.45, 7) is 1.94. The predicted octanol–water partition coefficient (Wildman–Crippen LogP) is 2.65. The molecule has 4 heteroatoms. The summed E-state index contributed by atoms with van der Waals surface area (Å²) in [5, 5.41) is 1.39. The van der Waals surface area contributed by atoms with Gasteiger partial charge in [-0.05, 0) is 23.4 Å². The van der Waals surface area contributed by atoms with Gasteiger partial charge in [-0.15, -0.1) is 0 Å². The second-order valence-electron chi connectivity index (χ2n) is 3.64. The smallest absolute Gasteiger partial charge is 0.282 e. The second kappa shape index (κ2) is 3.88. The first-order valence-electron chi connectivity index (χ1n) is 5.01. The lowest BCUT2D eigenvalue weighted by atomic mass is 10.1. The van der Waals surface area contributed by atoms with Gasteiger partial charge in [0.1, 0.15) is 4.90 Å². The van der Waals surface area contributed by atoms with E-state index in [4.69, 9.17) is 0 Å². The summed E-state index contributed by atoms with van der Waals surface area (Å²) in [5.74, 6) is 0. The molecule has 0 aliphatic rings. The highest BCUT2D eigenvalue weighted by molar-refractivity contribution is 7.86. The van der Waals surface area contributed by atoms with E-state index >= 15 is 0 Å². The maximum Gasteiger partial charge on any atom is 0.295 e. The van der Waals surface area contributed by atoms with Gasteiger partial charge in [-0.25, -0.2) is 0 Å². The molecule has 0 heterocycles. The molecular weight excluding hydrogens is 224 g/mol. The van der Waals surface area contributed by atoms with Crippen molar-refractivity contribution in [2.45, 2.75) is 18.2 Å². The standard InChI is InChI=1S/C12H12O3S/c1-2-9-7-10-5-3-4-6-11(10)12(8-9)16(13,14)15/h3-8H,2H2,1H3,(H,13,14,15). The van der Waals surface area contributed by atoms with Crippen LogP contribution in [-0.4, -0.2) is 13.0 Å². The summed E-state index contributed by atoms with van der Waals surface area (Å²) in [6.07, 6.45) is 0.730. The monoisotopic (exact) mass is 236 g/mol. The number of rotatable bonds is 2. The van der Waals surface area contributed by atoms with Crippen molar-refractivity contribution in [3.05, 3.63) is 42.0 Å². The molecule has 0 aliphatic carbocycles. The van der Waals surface area contributed by atoms with E-state index < -0.39 is 10.1 Å². The fourth-order valence-corrected chi connectivity index (χ4v) is 2.52. The van der Waals surface area contributed by atoms with Crippen LogP contribution in [0.1, 0.15) is 12.5 Å². The molecule has 0 bridgehead atoms. The molecule has 0 fully saturated rings. The van der Waals surface area contributed by atoms with Crippen molar-refractivity contribution in [2.24, 2.45) is 0 Å². The van der Waals surface area contributed by atoms with E-state index in [0.717, 1.165) is 17.4 Å². The van der Waals surface area contributed by atoms with Gasteiger partial charge in [-0.1, -0.05) is 37.3 Å². The largest absolute Gasteiger partial charge is 0.295 e. The summed E-state index contributed by atoms with van der Waals surface area (Å²) >= 11 is 0. The van der Waals surface area contributed by atoms with E-state index in [1.54, 1.807) is 12.1 Å². The van der Waals surface area contributed by atoms with E-state index in [1.807, 2.05) is 25.1 Å². The summed E-state index contributed by atoms with van der Waals surface area (Å²) in [5.41, 5.74) is 0.895. The third kappa shape index (κ3) is 1.94. The molecule has 0 saturated heterocycles. The predicted molar refractivity (Wildman–Crippen MR) is 63.1 cm³/mol. The van der Waals surface area contributed by atoms with Gasteiger partial charge >= 0.3 is 0 Å². The van der Waals surface area contributed by atoms with Crippen LogP contribution >= 0.6 is 0 Å². The van der Waals surface area contributed by atoms with Crippen LogP contribution in [-0.2, 0) is 16.5 Å². The van der Waals surface area contributed by atoms with E-state index in [0.29, 0.717) is 5.39 Å². The van der Waals surface area contributed by atoms with Gasteiger partial charge in [-0.3, -0.25) is 4.55 Å². The van der Waals surface area contributed by atoms with E-state index in [9.17, 15) is 13.0 Å². The van der Waals surface area contributed by atoms with Crippen molar-refractivity contribution < 1.29 is 13.0 Å². The number of benzene rings is 2. The average Bonchev–Trinajstić information content (AvgIpc) is 2.26. The Morgan fingerprint density at radius 1 is 1.19 bits per heavy atom. The topological polar surface area (TPSA) is 54.4 Å². The average molecular weight is 236 g/mol. The molecule has 2 rings (SSSR count). The van der Waals surface area contributed by atoms with Gasteiger partial charge in [-0.2, -0.15) is 8.42 Å². The number of hydrogen-bond acceptors (Lipinski definition) is 2. The van der Waals surface area contributed by atoms with Crippen molar-refractivity contribution in [2.75, 3.05) is 0 Å². The molecule has 0 unspecified atom stereocenters. The van der Waals surface area contributed by atoms with Gasteiger partial charge in [0.2, 0.25) is 0 Å². The molecule has 2 aromatic rings. The van der Waals surface area contributed by atoms with Crippen molar-refractivity contribution in [1.29, 1.82) is 0 Å². The highest BCUT2D eigenvalue weighted by atomic mass is 32.2. The number of hydrogen-bond donors (Lipinski definition) is 1. The van der Waals surface area contributed by atoms with Gasteiger partial charge in [0.25, 0.3) is 10.1 Å². The minimum atomic E-state index is -4.16. The van der Waals surface area contributed by atoms with E-state index in [-0.39, 0.29) is 4.90 Å². The van der Waals surface area contributed by atoms with Crippen LogP contribution in [0.3, 0.4) is 0 Å². The Bertz CT molecular complexity index is 630. The molecule has 0 aromatic heterocycles. The second-order valence-corrected chi connectivity index (χ2v) is 5.03. The minimum absolute atomic E-state index is 0.0116. The van der Waals surface area contributed by atoms with Crippen LogP contribution in [0.5, 0.6) is 0 Å². The van der Waals surface area contributed by atoms with Crippen LogP contribution < -0.4 is 0 Å². The number of fused-ring (bicyclic) bond motifs is 1. The highest BCUT2D eigenvalue weighted by Crippen LogP contribution is 2.25. The normalized spacial score (nSPS) is 11.9. The lowest BCUT2D eigenvalue weighted by molar-refractivity contribution is 0.484. The van der Waals surface area contributed by atoms with E-state index in [2.05, 4.69) is 0 Å². The van der Waals surface area contributed by atoms with Gasteiger partial charge in [0, 0.05) is 5.39 Å². The number of aryl methyl sites for hydroxylation is 1. The molecule has 0 amide bonds. The zero-order valence-electron chi connectivity index (χ0n) is 8.84. The third-order valence-electron chi connectivity index (χ3n) is 2.57. The van der Waals surface area contributed by atoms with Crippen LogP contribution in [0.2, 0.25) is 0 Å². The Kier molecular flexibility index (Phi) is 2.69. The molecule has 0 saturated carbocycles. The third-order valence-corrected chi connectivity index (χ3v) is 3.46. The minimum Gasteiger partial charge on any atom is -0.282 e. The SMILES string of the molecule is CCc1cc(S(=O)(=O)O)c2ccccc2c1. The molecular formula is C12H12O3S. The van der Waals surface area contributed by atoms with Crippen molar-refractivity contribution in [3.8, 4) is 0 Å². The molecule has 0 atom stereocenters. The van der Waals surface area contributed by atoms with Crippen molar-refractivity contribution >= 4 is 20.9 Å². The molecule has 2 aromatic carbocycles. The molecule has 84 valence electrons. The first-order valence-corrected chi connectivity index (χ1v) is 6.45. The fraction of sp³-hybridized carbons (Fsp3) is 0.167. The van der Waals surface area contributed by atoms with Crippen LogP contribution in [0.4, 0.5) is 0 Å². The first kappa shape index (κ1) is 11.1. The van der Waals surface area contributed by atoms with Gasteiger partial charge in [0.15, 0.2) is 0 Å².